The highest BCUT2D eigenvalue weighted by atomic mass is 16.5. The van der Waals surface area contributed by atoms with Gasteiger partial charge >= 0.3 is 5.97 Å². The first-order valence-electron chi connectivity index (χ1n) is 14.6. The molecule has 3 unspecified atom stereocenters. The Hall–Kier alpha value is -4.79. The first-order chi connectivity index (χ1) is 20.8. The molecule has 0 aliphatic carbocycles. The molecule has 9 heteroatoms. The predicted molar refractivity (Wildman–Crippen MR) is 167 cm³/mol. The minimum atomic E-state index is -0.799. The number of nitrogens with one attached hydrogen (secondary N) is 1. The summed E-state index contributed by atoms with van der Waals surface area (Å²) in [4.78, 5) is 33.5. The molecule has 1 amide bonds. The van der Waals surface area contributed by atoms with Crippen LogP contribution in [0.5, 0.6) is 11.5 Å². The summed E-state index contributed by atoms with van der Waals surface area (Å²) in [7, 11) is 1.39. The van der Waals surface area contributed by atoms with Gasteiger partial charge in [0, 0.05) is 23.8 Å². The van der Waals surface area contributed by atoms with Crippen molar-refractivity contribution in [3.63, 3.8) is 0 Å². The molecule has 1 fully saturated rings. The van der Waals surface area contributed by atoms with E-state index in [0.717, 1.165) is 22.0 Å². The number of pyridine rings is 1. The number of rotatable bonds is 10. The topological polar surface area (TPSA) is 116 Å². The average molecular weight is 583 g/mol. The fraction of sp³-hybridized carbons (Fsp3) is 0.324. The third-order valence-corrected chi connectivity index (χ3v) is 7.64. The van der Waals surface area contributed by atoms with Crippen molar-refractivity contribution in [2.75, 3.05) is 31.3 Å². The largest absolute Gasteiger partial charge is 0.490 e. The molecule has 0 saturated carbocycles. The molecule has 1 aromatic heterocycles. The van der Waals surface area contributed by atoms with E-state index in [4.69, 9.17) is 19.9 Å². The van der Waals surface area contributed by atoms with Crippen LogP contribution in [0.15, 0.2) is 79.0 Å². The molecular formula is C34H38N4O5. The van der Waals surface area contributed by atoms with Crippen LogP contribution in [0.1, 0.15) is 50.4 Å². The first kappa shape index (κ1) is 29.7. The van der Waals surface area contributed by atoms with Gasteiger partial charge in [-0.25, -0.2) is 4.98 Å². The normalized spacial score (nSPS) is 17.1. The summed E-state index contributed by atoms with van der Waals surface area (Å²) in [5.74, 6) is 0.621. The zero-order chi connectivity index (χ0) is 30.5. The molecule has 0 spiro atoms. The van der Waals surface area contributed by atoms with Gasteiger partial charge in [0.25, 0.3) is 0 Å². The van der Waals surface area contributed by atoms with Crippen molar-refractivity contribution in [3.8, 4) is 11.5 Å². The lowest BCUT2D eigenvalue weighted by atomic mass is 9.93. The van der Waals surface area contributed by atoms with E-state index in [1.54, 1.807) is 11.1 Å². The Kier molecular flexibility index (Phi) is 8.99. The van der Waals surface area contributed by atoms with Crippen molar-refractivity contribution in [1.29, 1.82) is 0 Å². The molecule has 2 heterocycles. The van der Waals surface area contributed by atoms with Gasteiger partial charge in [-0.05, 0) is 80.1 Å². The van der Waals surface area contributed by atoms with E-state index in [2.05, 4.69) is 10.3 Å². The summed E-state index contributed by atoms with van der Waals surface area (Å²) < 4.78 is 17.1. The maximum Gasteiger partial charge on any atom is 0.311 e. The number of benzene rings is 3. The zero-order valence-corrected chi connectivity index (χ0v) is 24.9. The summed E-state index contributed by atoms with van der Waals surface area (Å²) in [5, 5.41) is 5.20. The zero-order valence-electron chi connectivity index (χ0n) is 24.9. The Morgan fingerprint density at radius 1 is 1.05 bits per heavy atom. The monoisotopic (exact) mass is 582 g/mol. The van der Waals surface area contributed by atoms with Gasteiger partial charge in [0.15, 0.2) is 11.5 Å². The lowest BCUT2D eigenvalue weighted by Gasteiger charge is -2.32. The number of hydrogen-bond donors (Lipinski definition) is 2. The number of nitrogens with zero attached hydrogens (tertiary/aromatic N) is 2. The van der Waals surface area contributed by atoms with Gasteiger partial charge in [-0.15, -0.1) is 0 Å². The number of carbonyl (C=O) groups excluding carboxylic acids is 2. The van der Waals surface area contributed by atoms with Gasteiger partial charge in [0.1, 0.15) is 11.9 Å². The fourth-order valence-electron chi connectivity index (χ4n) is 5.74. The maximum absolute atomic E-state index is 14.6. The van der Waals surface area contributed by atoms with Crippen LogP contribution in [0, 0.1) is 5.92 Å². The highest BCUT2D eigenvalue weighted by Crippen LogP contribution is 2.41. The number of fused-ring (bicyclic) bond motifs is 1. The predicted octanol–water partition coefficient (Wildman–Crippen LogP) is 5.92. The van der Waals surface area contributed by atoms with Crippen LogP contribution in [0.2, 0.25) is 0 Å². The molecule has 5 rings (SSSR count). The van der Waals surface area contributed by atoms with E-state index >= 15 is 0 Å². The summed E-state index contributed by atoms with van der Waals surface area (Å²) in [6.45, 7) is 6.66. The van der Waals surface area contributed by atoms with E-state index in [0.29, 0.717) is 42.5 Å². The van der Waals surface area contributed by atoms with Crippen molar-refractivity contribution in [1.82, 2.24) is 9.88 Å². The summed E-state index contributed by atoms with van der Waals surface area (Å²) in [6, 6.07) is 21.5. The van der Waals surface area contributed by atoms with Crippen molar-refractivity contribution in [2.45, 2.75) is 45.4 Å². The number of aromatic nitrogens is 1. The Morgan fingerprint density at radius 2 is 1.84 bits per heavy atom. The Balaban J connectivity index is 1.58. The van der Waals surface area contributed by atoms with Gasteiger partial charge in [0.2, 0.25) is 5.91 Å². The standard InChI is InChI=1S/C34H38N4O5/c1-5-42-29-20-24(11-14-28(29)43-21(2)3)30(37-25-12-13-26-23(19-25)15-17-36-32(26)35)33(39)38-18-16-27(34(40)41-4)31(38)22-9-7-6-8-10-22/h6-15,17,19-21,27,30-31,37H,5,16,18H2,1-4H3,(H2,35,36). The lowest BCUT2D eigenvalue weighted by Crippen LogP contribution is -2.39. The van der Waals surface area contributed by atoms with Crippen LogP contribution in [0.3, 0.4) is 0 Å². The molecular weight excluding hydrogens is 544 g/mol. The van der Waals surface area contributed by atoms with Gasteiger partial charge in [0.05, 0.1) is 31.8 Å². The number of nitrogen functional groups attached to an aromatic ring is 1. The van der Waals surface area contributed by atoms with Crippen LogP contribution in [-0.4, -0.2) is 48.1 Å². The number of amides is 1. The van der Waals surface area contributed by atoms with Crippen LogP contribution in [0.4, 0.5) is 11.5 Å². The highest BCUT2D eigenvalue weighted by molar-refractivity contribution is 5.94. The molecule has 224 valence electrons. The number of hydrogen-bond acceptors (Lipinski definition) is 8. The molecule has 0 radical (unpaired) electrons. The van der Waals surface area contributed by atoms with E-state index in [1.165, 1.54) is 7.11 Å². The third-order valence-electron chi connectivity index (χ3n) is 7.64. The molecule has 43 heavy (non-hydrogen) atoms. The number of nitrogens with two attached hydrogens (primary N) is 1. The van der Waals surface area contributed by atoms with Gasteiger partial charge in [-0.2, -0.15) is 0 Å². The van der Waals surface area contributed by atoms with E-state index in [1.807, 2.05) is 93.6 Å². The second kappa shape index (κ2) is 13.0. The van der Waals surface area contributed by atoms with E-state index in [-0.39, 0.29) is 18.0 Å². The van der Waals surface area contributed by atoms with Crippen LogP contribution < -0.4 is 20.5 Å². The maximum atomic E-state index is 14.6. The second-order valence-corrected chi connectivity index (χ2v) is 10.8. The number of ether oxygens (including phenoxy) is 3. The molecule has 1 aliphatic rings. The minimum Gasteiger partial charge on any atom is -0.490 e. The van der Waals surface area contributed by atoms with Crippen molar-refractivity contribution in [2.24, 2.45) is 5.92 Å². The summed E-state index contributed by atoms with van der Waals surface area (Å²) in [5.41, 5.74) is 8.40. The SMILES string of the molecule is CCOc1cc(C(Nc2ccc3c(N)nccc3c2)C(=O)N2CCC(C(=O)OC)C2c2ccccc2)ccc1OC(C)C. The van der Waals surface area contributed by atoms with Gasteiger partial charge in [-0.3, -0.25) is 9.59 Å². The number of esters is 1. The number of likely N-dealkylation sites (tertiary alicyclic amines) is 1. The van der Waals surface area contributed by atoms with Gasteiger partial charge < -0.3 is 30.2 Å². The van der Waals surface area contributed by atoms with Crippen molar-refractivity contribution >= 4 is 34.2 Å². The molecule has 3 aromatic carbocycles. The molecule has 1 aliphatic heterocycles. The highest BCUT2D eigenvalue weighted by Gasteiger charge is 2.44. The van der Waals surface area contributed by atoms with Gasteiger partial charge in [-0.1, -0.05) is 36.4 Å². The molecule has 4 aromatic rings. The molecule has 3 atom stereocenters. The number of methoxy groups -OCH3 is 1. The Bertz CT molecular complexity index is 1590. The molecule has 3 N–H and O–H groups in total. The van der Waals surface area contributed by atoms with E-state index < -0.39 is 18.0 Å². The van der Waals surface area contributed by atoms with Crippen molar-refractivity contribution in [3.05, 3.63) is 90.1 Å². The third kappa shape index (κ3) is 6.35. The minimum absolute atomic E-state index is 0.0494. The summed E-state index contributed by atoms with van der Waals surface area (Å²) in [6.07, 6.45) is 2.11. The lowest BCUT2D eigenvalue weighted by molar-refractivity contribution is -0.147. The Morgan fingerprint density at radius 3 is 2.56 bits per heavy atom. The van der Waals surface area contributed by atoms with Crippen molar-refractivity contribution < 1.29 is 23.8 Å². The average Bonchev–Trinajstić information content (AvgIpc) is 3.46. The molecule has 9 nitrogen and oxygen atoms in total. The second-order valence-electron chi connectivity index (χ2n) is 10.8. The number of carbonyl (C=O) groups is 2. The summed E-state index contributed by atoms with van der Waals surface area (Å²) >= 11 is 0. The van der Waals surface area contributed by atoms with E-state index in [9.17, 15) is 9.59 Å². The fourth-order valence-corrected chi connectivity index (χ4v) is 5.74. The quantitative estimate of drug-likeness (QED) is 0.222. The van der Waals surface area contributed by atoms with Crippen LogP contribution >= 0.6 is 0 Å². The van der Waals surface area contributed by atoms with Crippen LogP contribution in [-0.2, 0) is 14.3 Å². The number of anilines is 2. The smallest absolute Gasteiger partial charge is 0.311 e. The molecule has 0 bridgehead atoms. The van der Waals surface area contributed by atoms with Crippen LogP contribution in [0.25, 0.3) is 10.8 Å². The molecule has 1 saturated heterocycles. The first-order valence-corrected chi connectivity index (χ1v) is 14.6. The Labute approximate surface area is 251 Å².